The first-order valence-electron chi connectivity index (χ1n) is 21.9. The summed E-state index contributed by atoms with van der Waals surface area (Å²) in [5.41, 5.74) is -1.34. The van der Waals surface area contributed by atoms with Crippen LogP contribution in [0.2, 0.25) is 0 Å². The van der Waals surface area contributed by atoms with Gasteiger partial charge in [-0.05, 0) is 36.5 Å². The second-order valence-corrected chi connectivity index (χ2v) is 18.3. The molecule has 0 spiro atoms. The molecule has 0 fully saturated rings. The Morgan fingerprint density at radius 3 is 1.04 bits per heavy atom. The van der Waals surface area contributed by atoms with Crippen LogP contribution in [0.15, 0.2) is 12.7 Å². The Labute approximate surface area is 358 Å². The number of hydrogen-bond acceptors (Lipinski definition) is 13. The fraction of sp³-hybridized carbons (Fsp3) is 0.841. The predicted octanol–water partition coefficient (Wildman–Crippen LogP) is 10.7. The fourth-order valence-electron chi connectivity index (χ4n) is 5.49. The summed E-state index contributed by atoms with van der Waals surface area (Å²) in [6, 6.07) is 0. The average Bonchev–Trinajstić information content (AvgIpc) is 3.21. The molecule has 0 N–H and O–H groups in total. The number of rotatable bonds is 42. The lowest BCUT2D eigenvalue weighted by Crippen LogP contribution is -2.44. The van der Waals surface area contributed by atoms with E-state index < -0.39 is 35.3 Å². The maximum absolute atomic E-state index is 12.9. The van der Waals surface area contributed by atoms with Crippen molar-refractivity contribution in [3.63, 3.8) is 0 Å². The van der Waals surface area contributed by atoms with Crippen LogP contribution in [0.5, 0.6) is 0 Å². The molecule has 0 aromatic carbocycles. The molecule has 0 atom stereocenters. The molecule has 0 aromatic rings. The standard InChI is InChI=1S/C44H78O10S3/c1-5-9-12-15-18-21-29-55-32-25-41(47)52-36-44(35-51-40(46)24-28-50-39(45)8-4,37-53-42(48)26-33-56-30-22-19-16-13-10-6-2)38-54-43(49)27-34-57-31-23-20-17-14-11-7-3/h8H,4-7,9-38H2,1-3H3. The number of hydrogen-bond donors (Lipinski definition) is 0. The monoisotopic (exact) mass is 862 g/mol. The Kier molecular flexibility index (Phi) is 39.6. The highest BCUT2D eigenvalue weighted by molar-refractivity contribution is 7.99. The highest BCUT2D eigenvalue weighted by Crippen LogP contribution is 2.23. The van der Waals surface area contributed by atoms with Crippen LogP contribution in [0.25, 0.3) is 0 Å². The molecule has 0 aromatic heterocycles. The van der Waals surface area contributed by atoms with E-state index in [4.69, 9.17) is 23.7 Å². The Morgan fingerprint density at radius 2 is 0.719 bits per heavy atom. The van der Waals surface area contributed by atoms with Crippen LogP contribution >= 0.6 is 35.3 Å². The van der Waals surface area contributed by atoms with Crippen molar-refractivity contribution >= 4 is 65.1 Å². The number of carbonyl (C=O) groups is 5. The lowest BCUT2D eigenvalue weighted by molar-refractivity contribution is -0.170. The van der Waals surface area contributed by atoms with Crippen molar-refractivity contribution in [1.29, 1.82) is 0 Å². The first-order chi connectivity index (χ1) is 27.7. The smallest absolute Gasteiger partial charge is 0.330 e. The summed E-state index contributed by atoms with van der Waals surface area (Å²) in [5, 5.41) is 0. The predicted molar refractivity (Wildman–Crippen MR) is 238 cm³/mol. The van der Waals surface area contributed by atoms with E-state index in [1.54, 1.807) is 35.3 Å². The largest absolute Gasteiger partial charge is 0.465 e. The minimum absolute atomic E-state index is 0.191. The SMILES string of the molecule is C=CC(=O)OCCC(=O)OCC(COC(=O)CCSCCCCCCCC)(COC(=O)CCSCCCCCCCC)COC(=O)CCSCCCCCCCC. The van der Waals surface area contributed by atoms with Gasteiger partial charge in [0.05, 0.1) is 25.7 Å². The molecular formula is C44H78O10S3. The van der Waals surface area contributed by atoms with E-state index in [0.717, 1.165) is 42.6 Å². The number of ether oxygens (including phenoxy) is 5. The van der Waals surface area contributed by atoms with E-state index in [1.165, 1.54) is 96.3 Å². The van der Waals surface area contributed by atoms with Crippen LogP contribution in [0.1, 0.15) is 162 Å². The first kappa shape index (κ1) is 55.1. The minimum Gasteiger partial charge on any atom is -0.465 e. The maximum Gasteiger partial charge on any atom is 0.330 e. The lowest BCUT2D eigenvalue weighted by Gasteiger charge is -2.31. The Balaban J connectivity index is 5.44. The topological polar surface area (TPSA) is 132 Å². The Hall–Kier alpha value is -1.86. The summed E-state index contributed by atoms with van der Waals surface area (Å²) in [6.07, 6.45) is 23.1. The molecule has 0 rings (SSSR count). The second-order valence-electron chi connectivity index (χ2n) is 14.7. The first-order valence-corrected chi connectivity index (χ1v) is 25.3. The summed E-state index contributed by atoms with van der Waals surface area (Å²) in [4.78, 5) is 62.9. The molecular weight excluding hydrogens is 785 g/mol. The number of thioether (sulfide) groups is 3. The number of unbranched alkanes of at least 4 members (excludes halogenated alkanes) is 15. The van der Waals surface area contributed by atoms with E-state index in [0.29, 0.717) is 17.3 Å². The number of carbonyl (C=O) groups excluding carboxylic acids is 5. The minimum atomic E-state index is -1.34. The average molecular weight is 863 g/mol. The van der Waals surface area contributed by atoms with Crippen molar-refractivity contribution in [2.75, 3.05) is 67.6 Å². The zero-order chi connectivity index (χ0) is 42.1. The van der Waals surface area contributed by atoms with Gasteiger partial charge in [-0.2, -0.15) is 35.3 Å². The van der Waals surface area contributed by atoms with Gasteiger partial charge >= 0.3 is 29.8 Å². The van der Waals surface area contributed by atoms with Crippen molar-refractivity contribution in [3.05, 3.63) is 12.7 Å². The fourth-order valence-corrected chi connectivity index (χ4v) is 8.26. The third-order valence-corrected chi connectivity index (χ3v) is 12.4. The van der Waals surface area contributed by atoms with E-state index in [1.807, 2.05) is 0 Å². The van der Waals surface area contributed by atoms with Gasteiger partial charge in [0.15, 0.2) is 0 Å². The van der Waals surface area contributed by atoms with Gasteiger partial charge in [-0.15, -0.1) is 0 Å². The molecule has 0 bridgehead atoms. The van der Waals surface area contributed by atoms with Crippen molar-refractivity contribution < 1.29 is 47.7 Å². The van der Waals surface area contributed by atoms with Gasteiger partial charge in [-0.1, -0.05) is 124 Å². The molecule has 0 unspecified atom stereocenters. The van der Waals surface area contributed by atoms with Gasteiger partial charge in [-0.25, -0.2) is 4.79 Å². The van der Waals surface area contributed by atoms with E-state index in [-0.39, 0.29) is 58.7 Å². The van der Waals surface area contributed by atoms with E-state index >= 15 is 0 Å². The maximum atomic E-state index is 12.9. The summed E-state index contributed by atoms with van der Waals surface area (Å²) in [7, 11) is 0. The highest BCUT2D eigenvalue weighted by atomic mass is 32.2. The van der Waals surface area contributed by atoms with Crippen LogP contribution in [-0.2, 0) is 47.7 Å². The summed E-state index contributed by atoms with van der Waals surface area (Å²) >= 11 is 5.13. The van der Waals surface area contributed by atoms with Crippen LogP contribution < -0.4 is 0 Å². The molecule has 0 radical (unpaired) electrons. The molecule has 0 heterocycles. The second kappa shape index (κ2) is 40.9. The summed E-state index contributed by atoms with van der Waals surface area (Å²) in [6.45, 7) is 8.54. The molecule has 0 amide bonds. The van der Waals surface area contributed by atoms with Crippen LogP contribution in [-0.4, -0.2) is 97.4 Å². The Morgan fingerprint density at radius 1 is 0.421 bits per heavy atom. The number of esters is 5. The summed E-state index contributed by atoms with van der Waals surface area (Å²) in [5.74, 6) is 2.09. The summed E-state index contributed by atoms with van der Waals surface area (Å²) < 4.78 is 27.6. The molecule has 332 valence electrons. The molecule has 0 saturated carbocycles. The molecule has 10 nitrogen and oxygen atoms in total. The Bertz CT molecular complexity index is 949. The lowest BCUT2D eigenvalue weighted by atomic mass is 9.92. The molecule has 57 heavy (non-hydrogen) atoms. The zero-order valence-corrected chi connectivity index (χ0v) is 38.4. The highest BCUT2D eigenvalue weighted by Gasteiger charge is 2.38. The van der Waals surface area contributed by atoms with Crippen LogP contribution in [0.4, 0.5) is 0 Å². The van der Waals surface area contributed by atoms with Gasteiger partial charge in [0.1, 0.15) is 38.4 Å². The quantitative estimate of drug-likeness (QED) is 0.0250. The van der Waals surface area contributed by atoms with Crippen molar-refractivity contribution in [1.82, 2.24) is 0 Å². The third-order valence-electron chi connectivity index (χ3n) is 9.15. The van der Waals surface area contributed by atoms with Crippen molar-refractivity contribution in [2.45, 2.75) is 162 Å². The molecule has 0 aliphatic heterocycles. The third kappa shape index (κ3) is 36.9. The van der Waals surface area contributed by atoms with E-state index in [9.17, 15) is 24.0 Å². The van der Waals surface area contributed by atoms with Gasteiger partial charge in [0.2, 0.25) is 0 Å². The van der Waals surface area contributed by atoms with Gasteiger partial charge < -0.3 is 23.7 Å². The van der Waals surface area contributed by atoms with Crippen LogP contribution in [0, 0.1) is 5.41 Å². The van der Waals surface area contributed by atoms with Gasteiger partial charge in [0, 0.05) is 23.3 Å². The molecule has 0 aliphatic rings. The molecule has 0 saturated heterocycles. The van der Waals surface area contributed by atoms with Gasteiger partial charge in [0.25, 0.3) is 0 Å². The van der Waals surface area contributed by atoms with Crippen molar-refractivity contribution in [3.8, 4) is 0 Å². The molecule has 13 heteroatoms. The van der Waals surface area contributed by atoms with Gasteiger partial charge in [-0.3, -0.25) is 19.2 Å². The molecule has 0 aliphatic carbocycles. The van der Waals surface area contributed by atoms with E-state index in [2.05, 4.69) is 27.4 Å². The van der Waals surface area contributed by atoms with Crippen molar-refractivity contribution in [2.24, 2.45) is 5.41 Å². The van der Waals surface area contributed by atoms with Crippen LogP contribution in [0.3, 0.4) is 0 Å². The zero-order valence-electron chi connectivity index (χ0n) is 35.9. The normalized spacial score (nSPS) is 11.2.